The number of hydrogen-bond acceptors (Lipinski definition) is 8. The summed E-state index contributed by atoms with van der Waals surface area (Å²) in [7, 11) is 5.30. The molecule has 0 radical (unpaired) electrons. The fraction of sp³-hybridized carbons (Fsp3) is 0.571. The number of likely N-dealkylation sites (N-methyl/N-ethyl adjacent to an activating group) is 1. The third kappa shape index (κ3) is 7.39. The highest BCUT2D eigenvalue weighted by atomic mass is 16.5. The van der Waals surface area contributed by atoms with Crippen molar-refractivity contribution in [2.75, 3.05) is 67.1 Å². The SMILES string of the molecule is COc1cc(C2CN(C)C(=O)C(C)=C2C)cc(OC)c1CN1CCN(Cc2ccc3c(c2)[C@@H](C)[N+]([O-])(C/C(C#N)=C/C(C)(C)CO)CC3)C2(CC2)C1. The Bertz CT molecular complexity index is 1780. The molecule has 0 bridgehead atoms. The molecule has 1 amide bonds. The maximum absolute atomic E-state index is 14.2. The van der Waals surface area contributed by atoms with Gasteiger partial charge in [0.05, 0.1) is 38.5 Å². The zero-order chi connectivity index (χ0) is 37.6. The van der Waals surface area contributed by atoms with Gasteiger partial charge in [0, 0.05) is 80.7 Å². The molecule has 3 aliphatic heterocycles. The van der Waals surface area contributed by atoms with Gasteiger partial charge in [-0.3, -0.25) is 14.6 Å². The van der Waals surface area contributed by atoms with E-state index in [0.29, 0.717) is 25.1 Å². The molecule has 10 nitrogen and oxygen atoms in total. The van der Waals surface area contributed by atoms with Gasteiger partial charge in [-0.1, -0.05) is 37.6 Å². The van der Waals surface area contributed by atoms with Crippen LogP contribution in [0.1, 0.15) is 87.2 Å². The fourth-order valence-electron chi connectivity index (χ4n) is 8.72. The topological polar surface area (TPSA) is 112 Å². The minimum Gasteiger partial charge on any atom is -0.632 e. The van der Waals surface area contributed by atoms with E-state index in [1.54, 1.807) is 25.2 Å². The summed E-state index contributed by atoms with van der Waals surface area (Å²) in [6.07, 6.45) is 4.77. The van der Waals surface area contributed by atoms with Crippen LogP contribution in [0.3, 0.4) is 0 Å². The lowest BCUT2D eigenvalue weighted by Crippen LogP contribution is -2.54. The molecule has 1 N–H and O–H groups in total. The lowest BCUT2D eigenvalue weighted by molar-refractivity contribution is -0.906. The number of rotatable bonds is 11. The maximum atomic E-state index is 14.2. The maximum Gasteiger partial charge on any atom is 0.249 e. The number of benzene rings is 2. The highest BCUT2D eigenvalue weighted by Gasteiger charge is 2.51. The van der Waals surface area contributed by atoms with Crippen LogP contribution in [0.5, 0.6) is 11.5 Å². The molecule has 2 unspecified atom stereocenters. The zero-order valence-electron chi connectivity index (χ0n) is 32.4. The molecule has 2 fully saturated rings. The number of hydroxylamine groups is 3. The second-order valence-corrected chi connectivity index (χ2v) is 16.5. The zero-order valence-corrected chi connectivity index (χ0v) is 32.4. The Hall–Kier alpha value is -3.72. The van der Waals surface area contributed by atoms with E-state index in [9.17, 15) is 20.4 Å². The van der Waals surface area contributed by atoms with Crippen molar-refractivity contribution < 1.29 is 24.0 Å². The first-order valence-electron chi connectivity index (χ1n) is 18.7. The molecular formula is C42H57N5O5. The normalized spacial score (nSPS) is 25.3. The average Bonchev–Trinajstić information content (AvgIpc) is 3.90. The molecule has 3 atom stereocenters. The van der Waals surface area contributed by atoms with Gasteiger partial charge >= 0.3 is 0 Å². The lowest BCUT2D eigenvalue weighted by Gasteiger charge is -2.51. The van der Waals surface area contributed by atoms with E-state index in [4.69, 9.17) is 9.47 Å². The van der Waals surface area contributed by atoms with Gasteiger partial charge in [-0.15, -0.1) is 0 Å². The van der Waals surface area contributed by atoms with Crippen LogP contribution < -0.4 is 9.47 Å². The Labute approximate surface area is 310 Å². The van der Waals surface area contributed by atoms with Gasteiger partial charge in [0.25, 0.3) is 0 Å². The van der Waals surface area contributed by atoms with Crippen molar-refractivity contribution in [1.29, 1.82) is 5.26 Å². The van der Waals surface area contributed by atoms with Crippen molar-refractivity contribution in [2.24, 2.45) is 5.41 Å². The van der Waals surface area contributed by atoms with Crippen LogP contribution in [0.2, 0.25) is 0 Å². The Kier molecular flexibility index (Phi) is 10.7. The van der Waals surface area contributed by atoms with Gasteiger partial charge < -0.3 is 29.3 Å². The summed E-state index contributed by atoms with van der Waals surface area (Å²) in [6, 6.07) is 12.9. The van der Waals surface area contributed by atoms with E-state index in [-0.39, 0.29) is 36.6 Å². The van der Waals surface area contributed by atoms with Crippen molar-refractivity contribution in [1.82, 2.24) is 14.7 Å². The summed E-state index contributed by atoms with van der Waals surface area (Å²) in [5.74, 6) is 1.81. The first-order valence-corrected chi connectivity index (χ1v) is 18.7. The van der Waals surface area contributed by atoms with Gasteiger partial charge in [0.1, 0.15) is 30.2 Å². The fourth-order valence-corrected chi connectivity index (χ4v) is 8.72. The van der Waals surface area contributed by atoms with Gasteiger partial charge in [0.15, 0.2) is 0 Å². The Morgan fingerprint density at radius 3 is 2.44 bits per heavy atom. The largest absolute Gasteiger partial charge is 0.632 e. The number of fused-ring (bicyclic) bond motifs is 1. The first kappa shape index (κ1) is 38.0. The number of ether oxygens (including phenoxy) is 2. The summed E-state index contributed by atoms with van der Waals surface area (Å²) < 4.78 is 11.5. The predicted octanol–water partition coefficient (Wildman–Crippen LogP) is 5.85. The molecule has 10 heteroatoms. The highest BCUT2D eigenvalue weighted by molar-refractivity contribution is 5.94. The van der Waals surface area contributed by atoms with Crippen LogP contribution in [-0.4, -0.2) is 103 Å². The van der Waals surface area contributed by atoms with Crippen molar-refractivity contribution >= 4 is 5.91 Å². The molecule has 1 aliphatic carbocycles. The average molecular weight is 712 g/mol. The van der Waals surface area contributed by atoms with Crippen LogP contribution >= 0.6 is 0 Å². The molecule has 4 aliphatic rings. The van der Waals surface area contributed by atoms with Crippen LogP contribution in [0.15, 0.2) is 53.1 Å². The number of quaternary nitrogens is 1. The summed E-state index contributed by atoms with van der Waals surface area (Å²) in [5, 5.41) is 33.8. The Morgan fingerprint density at radius 1 is 1.13 bits per heavy atom. The molecule has 1 saturated heterocycles. The van der Waals surface area contributed by atoms with Crippen molar-refractivity contribution in [3.8, 4) is 17.6 Å². The van der Waals surface area contributed by atoms with Crippen molar-refractivity contribution in [2.45, 2.75) is 84.5 Å². The number of aliphatic hydroxyl groups is 1. The molecule has 3 heterocycles. The number of nitrogens with zero attached hydrogens (tertiary/aromatic N) is 5. The number of methoxy groups -OCH3 is 2. The molecule has 6 rings (SSSR count). The van der Waals surface area contributed by atoms with E-state index in [1.807, 2.05) is 34.7 Å². The first-order chi connectivity index (χ1) is 24.7. The van der Waals surface area contributed by atoms with E-state index in [1.165, 1.54) is 11.1 Å². The summed E-state index contributed by atoms with van der Waals surface area (Å²) in [5.41, 5.74) is 7.61. The van der Waals surface area contributed by atoms with E-state index in [0.717, 1.165) is 84.9 Å². The molecule has 52 heavy (non-hydrogen) atoms. The monoisotopic (exact) mass is 711 g/mol. The molecular weight excluding hydrogens is 654 g/mol. The molecule has 2 aromatic rings. The van der Waals surface area contributed by atoms with E-state index in [2.05, 4.69) is 53.1 Å². The number of piperazine rings is 1. The van der Waals surface area contributed by atoms with Crippen LogP contribution in [0.25, 0.3) is 0 Å². The van der Waals surface area contributed by atoms with Crippen LogP contribution in [-0.2, 0) is 24.3 Å². The number of aliphatic hydroxyl groups excluding tert-OH is 1. The van der Waals surface area contributed by atoms with Crippen molar-refractivity contribution in [3.63, 3.8) is 0 Å². The quantitative estimate of drug-likeness (QED) is 0.176. The third-order valence-electron chi connectivity index (χ3n) is 12.4. The van der Waals surface area contributed by atoms with Crippen molar-refractivity contribution in [3.05, 3.63) is 86.2 Å². The van der Waals surface area contributed by atoms with Gasteiger partial charge in [0.2, 0.25) is 5.91 Å². The molecule has 1 saturated carbocycles. The van der Waals surface area contributed by atoms with Crippen LogP contribution in [0, 0.1) is 22.0 Å². The number of amides is 1. The second kappa shape index (κ2) is 14.6. The Balaban J connectivity index is 1.16. The second-order valence-electron chi connectivity index (χ2n) is 16.5. The number of carbonyl (C=O) groups excluding carboxylic acids is 1. The van der Waals surface area contributed by atoms with Gasteiger partial charge in [-0.25, -0.2) is 0 Å². The highest BCUT2D eigenvalue weighted by Crippen LogP contribution is 2.47. The lowest BCUT2D eigenvalue weighted by atomic mass is 9.85. The number of carbonyl (C=O) groups is 1. The molecule has 280 valence electrons. The van der Waals surface area contributed by atoms with Gasteiger partial charge in [-0.2, -0.15) is 5.26 Å². The number of hydrogen-bond donors (Lipinski definition) is 1. The number of nitriles is 1. The Morgan fingerprint density at radius 2 is 1.83 bits per heavy atom. The third-order valence-corrected chi connectivity index (χ3v) is 12.4. The summed E-state index contributed by atoms with van der Waals surface area (Å²) in [6.45, 7) is 15.2. The summed E-state index contributed by atoms with van der Waals surface area (Å²) in [4.78, 5) is 19.5. The summed E-state index contributed by atoms with van der Waals surface area (Å²) >= 11 is 0. The standard InChI is InChI=1S/C42H57N5O5/c1-28-29(2)40(49)44(6)23-36(28)34-18-38(51-7)37(39(19-34)52-8)24-45-14-15-46(42(26-45)12-13-42)22-31-9-10-33-11-16-47(50,30(3)35(33)17-31)25-32(21-43)20-41(4,5)27-48/h9-10,17-20,30,36,48H,11-16,22-27H2,1-8H3/b32-20+/t30-,36?,47?/m1/s1. The molecule has 2 aromatic carbocycles. The van der Waals surface area contributed by atoms with Crippen LogP contribution in [0.4, 0.5) is 0 Å². The van der Waals surface area contributed by atoms with E-state index >= 15 is 0 Å². The van der Waals surface area contributed by atoms with E-state index < -0.39 is 10.1 Å². The van der Waals surface area contributed by atoms with Gasteiger partial charge in [-0.05, 0) is 68.5 Å². The molecule has 0 aromatic heterocycles. The minimum atomic E-state index is -0.550. The minimum absolute atomic E-state index is 0.0785. The predicted molar refractivity (Wildman–Crippen MR) is 202 cm³/mol. The molecule has 1 spiro atoms. The smallest absolute Gasteiger partial charge is 0.249 e.